The first-order valence-corrected chi connectivity index (χ1v) is 6.48. The van der Waals surface area contributed by atoms with Crippen LogP contribution in [0.5, 0.6) is 5.75 Å². The van der Waals surface area contributed by atoms with Crippen LogP contribution in [0.4, 0.5) is 15.3 Å². The molecule has 0 aliphatic carbocycles. The maximum atomic E-state index is 12.0. The summed E-state index contributed by atoms with van der Waals surface area (Å²) in [5.74, 6) is -0.168. The van der Waals surface area contributed by atoms with Gasteiger partial charge in [0, 0.05) is 0 Å². The van der Waals surface area contributed by atoms with Crippen molar-refractivity contribution in [2.75, 3.05) is 18.2 Å². The van der Waals surface area contributed by atoms with Gasteiger partial charge in [0.25, 0.3) is 0 Å². The summed E-state index contributed by atoms with van der Waals surface area (Å²) in [7, 11) is 0. The number of nitrogens with zero attached hydrogens (tertiary/aromatic N) is 1. The van der Waals surface area contributed by atoms with Crippen molar-refractivity contribution in [1.82, 2.24) is 5.43 Å². The van der Waals surface area contributed by atoms with E-state index in [1.165, 1.54) is 30.4 Å². The Labute approximate surface area is 132 Å². The molecule has 7 nitrogen and oxygen atoms in total. The zero-order valence-electron chi connectivity index (χ0n) is 11.6. The van der Waals surface area contributed by atoms with Crippen LogP contribution in [-0.2, 0) is 9.47 Å². The highest BCUT2D eigenvalue weighted by Crippen LogP contribution is 2.27. The van der Waals surface area contributed by atoms with Gasteiger partial charge in [-0.25, -0.2) is 15.0 Å². The number of amides is 2. The molecule has 0 unspecified atom stereocenters. The Morgan fingerprint density at radius 2 is 1.91 bits per heavy atom. The van der Waals surface area contributed by atoms with E-state index >= 15 is 0 Å². The van der Waals surface area contributed by atoms with Gasteiger partial charge in [0.2, 0.25) is 0 Å². The van der Waals surface area contributed by atoms with Crippen LogP contribution in [0.2, 0.25) is 5.02 Å². The molecule has 8 heteroatoms. The Bertz CT molecular complexity index is 576. The molecular weight excluding hydrogens is 312 g/mol. The third-order valence-electron chi connectivity index (χ3n) is 2.23. The molecule has 1 aromatic carbocycles. The highest BCUT2D eigenvalue weighted by molar-refractivity contribution is 6.32. The van der Waals surface area contributed by atoms with Gasteiger partial charge in [0.1, 0.15) is 19.0 Å². The van der Waals surface area contributed by atoms with Crippen LogP contribution in [-0.4, -0.2) is 30.5 Å². The van der Waals surface area contributed by atoms with Gasteiger partial charge in [-0.15, -0.1) is 0 Å². The number of phenols is 1. The first kappa shape index (κ1) is 17.4. The summed E-state index contributed by atoms with van der Waals surface area (Å²) in [6.45, 7) is 6.74. The average Bonchev–Trinajstić information content (AvgIpc) is 2.51. The van der Waals surface area contributed by atoms with Crippen LogP contribution in [0.25, 0.3) is 0 Å². The van der Waals surface area contributed by atoms with E-state index in [1.807, 2.05) is 0 Å². The van der Waals surface area contributed by atoms with Gasteiger partial charge < -0.3 is 14.6 Å². The van der Waals surface area contributed by atoms with Crippen LogP contribution in [0.15, 0.2) is 43.5 Å². The molecule has 0 spiro atoms. The second-order valence-corrected chi connectivity index (χ2v) is 4.24. The summed E-state index contributed by atoms with van der Waals surface area (Å²) in [6.07, 6.45) is 0.977. The second kappa shape index (κ2) is 8.58. The molecule has 0 heterocycles. The van der Waals surface area contributed by atoms with Gasteiger partial charge >= 0.3 is 12.2 Å². The summed E-state index contributed by atoms with van der Waals surface area (Å²) in [5, 5.41) is 10.2. The lowest BCUT2D eigenvalue weighted by Gasteiger charge is -2.22. The molecule has 0 radical (unpaired) electrons. The number of aromatic hydroxyl groups is 1. The van der Waals surface area contributed by atoms with Crippen LogP contribution < -0.4 is 10.4 Å². The average molecular weight is 327 g/mol. The second-order valence-electron chi connectivity index (χ2n) is 3.84. The summed E-state index contributed by atoms with van der Waals surface area (Å²) >= 11 is 5.78. The van der Waals surface area contributed by atoms with E-state index in [-0.39, 0.29) is 29.7 Å². The topological polar surface area (TPSA) is 88.1 Å². The van der Waals surface area contributed by atoms with Crippen molar-refractivity contribution >= 4 is 29.5 Å². The Hall–Kier alpha value is -2.67. The summed E-state index contributed by atoms with van der Waals surface area (Å²) in [5.41, 5.74) is 2.37. The lowest BCUT2D eigenvalue weighted by Crippen LogP contribution is -2.47. The van der Waals surface area contributed by atoms with Gasteiger partial charge in [0.15, 0.2) is 0 Å². The minimum absolute atomic E-state index is 0.000259. The summed E-state index contributed by atoms with van der Waals surface area (Å²) < 4.78 is 9.59. The van der Waals surface area contributed by atoms with Crippen LogP contribution >= 0.6 is 11.6 Å². The molecule has 0 atom stereocenters. The molecule has 0 aromatic heterocycles. The van der Waals surface area contributed by atoms with Crippen molar-refractivity contribution in [3.05, 3.63) is 48.5 Å². The Morgan fingerprint density at radius 3 is 2.50 bits per heavy atom. The number of rotatable bonds is 5. The number of benzene rings is 1. The van der Waals surface area contributed by atoms with E-state index in [0.29, 0.717) is 0 Å². The molecule has 2 amide bonds. The molecule has 0 aliphatic rings. The highest BCUT2D eigenvalue weighted by Gasteiger charge is 2.21. The van der Waals surface area contributed by atoms with Crippen molar-refractivity contribution in [2.45, 2.75) is 0 Å². The largest absolute Gasteiger partial charge is 0.506 e. The number of anilines is 1. The maximum Gasteiger partial charge on any atom is 0.433 e. The van der Waals surface area contributed by atoms with Gasteiger partial charge in [0.05, 0.1) is 10.7 Å². The van der Waals surface area contributed by atoms with Gasteiger partial charge in [-0.1, -0.05) is 36.9 Å². The quantitative estimate of drug-likeness (QED) is 0.641. The Morgan fingerprint density at radius 1 is 1.27 bits per heavy atom. The number of carbonyl (C=O) groups excluding carboxylic acids is 2. The molecule has 0 bridgehead atoms. The van der Waals surface area contributed by atoms with Gasteiger partial charge in [-0.2, -0.15) is 5.01 Å². The molecule has 0 saturated carbocycles. The van der Waals surface area contributed by atoms with Gasteiger partial charge in [-0.3, -0.25) is 0 Å². The van der Waals surface area contributed by atoms with E-state index in [9.17, 15) is 14.7 Å². The number of hydrogen-bond donors (Lipinski definition) is 2. The van der Waals surface area contributed by atoms with Crippen molar-refractivity contribution < 1.29 is 24.2 Å². The van der Waals surface area contributed by atoms with Crippen molar-refractivity contribution in [1.29, 1.82) is 0 Å². The maximum absolute atomic E-state index is 12.0. The predicted octanol–water partition coefficient (Wildman–Crippen LogP) is 3.00. The lowest BCUT2D eigenvalue weighted by atomic mass is 10.3. The Balaban J connectivity index is 2.96. The lowest BCUT2D eigenvalue weighted by molar-refractivity contribution is 0.145. The van der Waals surface area contributed by atoms with E-state index in [2.05, 4.69) is 18.6 Å². The normalized spacial score (nSPS) is 9.50. The first-order valence-electron chi connectivity index (χ1n) is 6.10. The highest BCUT2D eigenvalue weighted by atomic mass is 35.5. The Kier molecular flexibility index (Phi) is 6.78. The first-order chi connectivity index (χ1) is 10.5. The monoisotopic (exact) mass is 326 g/mol. The molecule has 118 valence electrons. The number of halogens is 1. The predicted molar refractivity (Wildman–Crippen MR) is 81.8 cm³/mol. The minimum Gasteiger partial charge on any atom is -0.506 e. The molecule has 22 heavy (non-hydrogen) atoms. The van der Waals surface area contributed by atoms with E-state index in [1.54, 1.807) is 0 Å². The molecule has 2 N–H and O–H groups in total. The van der Waals surface area contributed by atoms with Gasteiger partial charge in [-0.05, 0) is 18.2 Å². The third kappa shape index (κ3) is 5.02. The van der Waals surface area contributed by atoms with Crippen molar-refractivity contribution in [3.63, 3.8) is 0 Å². The standard InChI is InChI=1S/C14H15ClN2O5/c1-3-7-21-13(19)16-17(14(20)22-8-4-2)10-5-6-12(18)11(15)9-10/h3-6,9,18H,1-2,7-8H2,(H,16,19). The number of nitrogens with one attached hydrogen (secondary N) is 1. The molecule has 1 rings (SSSR count). The van der Waals surface area contributed by atoms with Crippen LogP contribution in [0.1, 0.15) is 0 Å². The number of hydrogen-bond acceptors (Lipinski definition) is 5. The number of ether oxygens (including phenoxy) is 2. The van der Waals surface area contributed by atoms with E-state index in [4.69, 9.17) is 21.1 Å². The molecule has 0 aliphatic heterocycles. The van der Waals surface area contributed by atoms with Crippen molar-refractivity contribution in [3.8, 4) is 5.75 Å². The van der Waals surface area contributed by atoms with Crippen molar-refractivity contribution in [2.24, 2.45) is 0 Å². The number of carbonyl (C=O) groups is 2. The zero-order valence-corrected chi connectivity index (χ0v) is 12.4. The molecule has 1 aromatic rings. The fraction of sp³-hybridized carbons (Fsp3) is 0.143. The SMILES string of the molecule is C=CCOC(=O)NN(C(=O)OCC=C)c1ccc(O)c(Cl)c1. The third-order valence-corrected chi connectivity index (χ3v) is 2.53. The van der Waals surface area contributed by atoms with E-state index in [0.717, 1.165) is 5.01 Å². The molecule has 0 saturated heterocycles. The zero-order chi connectivity index (χ0) is 16.5. The van der Waals surface area contributed by atoms with E-state index < -0.39 is 12.2 Å². The van der Waals surface area contributed by atoms with Crippen LogP contribution in [0.3, 0.4) is 0 Å². The molecular formula is C14H15ClN2O5. The summed E-state index contributed by atoms with van der Waals surface area (Å²) in [4.78, 5) is 23.6. The number of phenolic OH excluding ortho intramolecular Hbond substituents is 1. The molecule has 0 fully saturated rings. The summed E-state index contributed by atoms with van der Waals surface area (Å²) in [6, 6.07) is 3.91. The number of hydrazine groups is 1. The fourth-order valence-corrected chi connectivity index (χ4v) is 1.48. The minimum atomic E-state index is -0.889. The smallest absolute Gasteiger partial charge is 0.433 e. The fourth-order valence-electron chi connectivity index (χ4n) is 1.30. The van der Waals surface area contributed by atoms with Crippen LogP contribution in [0, 0.1) is 0 Å².